The van der Waals surface area contributed by atoms with Crippen molar-refractivity contribution in [3.8, 4) is 5.75 Å². The highest BCUT2D eigenvalue weighted by Gasteiger charge is 2.18. The molecule has 116 valence electrons. The fourth-order valence-corrected chi connectivity index (χ4v) is 2.55. The number of carbonyl (C=O) groups is 1. The molecule has 23 heavy (non-hydrogen) atoms. The van der Waals surface area contributed by atoms with E-state index in [2.05, 4.69) is 4.98 Å². The molecule has 1 N–H and O–H groups in total. The van der Waals surface area contributed by atoms with Gasteiger partial charge in [0.2, 0.25) is 0 Å². The minimum Gasteiger partial charge on any atom is -0.505 e. The van der Waals surface area contributed by atoms with Crippen molar-refractivity contribution in [1.82, 2.24) is 9.88 Å². The lowest BCUT2D eigenvalue weighted by Crippen LogP contribution is -2.28. The van der Waals surface area contributed by atoms with Crippen molar-refractivity contribution in [3.05, 3.63) is 71.9 Å². The number of hydrogen-bond acceptors (Lipinski definition) is 3. The van der Waals surface area contributed by atoms with E-state index in [-0.39, 0.29) is 17.2 Å². The van der Waals surface area contributed by atoms with Crippen molar-refractivity contribution in [2.45, 2.75) is 6.42 Å². The molecule has 0 saturated carbocycles. The van der Waals surface area contributed by atoms with Crippen LogP contribution < -0.4 is 0 Å². The SMILES string of the molecule is CN(CCc1ccccc1)C(=O)c1ccc2cccnc2c1O. The first-order valence-corrected chi connectivity index (χ1v) is 7.53. The van der Waals surface area contributed by atoms with Crippen LogP contribution in [0.15, 0.2) is 60.8 Å². The largest absolute Gasteiger partial charge is 0.505 e. The molecule has 0 aliphatic heterocycles. The monoisotopic (exact) mass is 306 g/mol. The van der Waals surface area contributed by atoms with Crippen LogP contribution in [-0.4, -0.2) is 34.5 Å². The van der Waals surface area contributed by atoms with E-state index in [0.29, 0.717) is 12.1 Å². The summed E-state index contributed by atoms with van der Waals surface area (Å²) in [6.45, 7) is 0.586. The van der Waals surface area contributed by atoms with E-state index in [1.54, 1.807) is 36.3 Å². The second-order valence-corrected chi connectivity index (χ2v) is 5.50. The van der Waals surface area contributed by atoms with Gasteiger partial charge in [-0.15, -0.1) is 0 Å². The van der Waals surface area contributed by atoms with Crippen LogP contribution >= 0.6 is 0 Å². The van der Waals surface area contributed by atoms with Gasteiger partial charge >= 0.3 is 0 Å². The summed E-state index contributed by atoms with van der Waals surface area (Å²) in [6, 6.07) is 17.1. The number of phenols is 1. The number of likely N-dealkylation sites (N-methyl/N-ethyl adjacent to an activating group) is 1. The normalized spacial score (nSPS) is 10.7. The van der Waals surface area contributed by atoms with Crippen molar-refractivity contribution in [2.24, 2.45) is 0 Å². The summed E-state index contributed by atoms with van der Waals surface area (Å²) in [5, 5.41) is 11.2. The minimum atomic E-state index is -0.203. The molecular weight excluding hydrogens is 288 g/mol. The van der Waals surface area contributed by atoms with E-state index in [0.717, 1.165) is 11.8 Å². The molecule has 3 aromatic rings. The van der Waals surface area contributed by atoms with Gasteiger partial charge in [-0.3, -0.25) is 9.78 Å². The molecule has 4 heteroatoms. The Hall–Kier alpha value is -2.88. The zero-order valence-corrected chi connectivity index (χ0v) is 12.9. The standard InChI is InChI=1S/C19H18N2O2/c1-21(13-11-14-6-3-2-4-7-14)19(23)16-10-9-15-8-5-12-20-17(15)18(16)22/h2-10,12,22H,11,13H2,1H3. The third-order valence-electron chi connectivity index (χ3n) is 3.90. The van der Waals surface area contributed by atoms with E-state index in [1.165, 1.54) is 5.56 Å². The number of rotatable bonds is 4. The Labute approximate surface area is 135 Å². The lowest BCUT2D eigenvalue weighted by atomic mass is 10.1. The maximum atomic E-state index is 12.6. The van der Waals surface area contributed by atoms with Crippen LogP contribution in [0.2, 0.25) is 0 Å². The summed E-state index contributed by atoms with van der Waals surface area (Å²) >= 11 is 0. The molecule has 1 heterocycles. The number of pyridine rings is 1. The van der Waals surface area contributed by atoms with E-state index in [1.807, 2.05) is 36.4 Å². The molecule has 1 amide bonds. The van der Waals surface area contributed by atoms with Crippen LogP contribution in [-0.2, 0) is 6.42 Å². The smallest absolute Gasteiger partial charge is 0.257 e. The van der Waals surface area contributed by atoms with Gasteiger partial charge in [-0.1, -0.05) is 42.5 Å². The highest BCUT2D eigenvalue weighted by Crippen LogP contribution is 2.27. The molecule has 0 atom stereocenters. The van der Waals surface area contributed by atoms with Crippen LogP contribution in [0.3, 0.4) is 0 Å². The van der Waals surface area contributed by atoms with Crippen molar-refractivity contribution < 1.29 is 9.90 Å². The molecule has 0 bridgehead atoms. The van der Waals surface area contributed by atoms with Gasteiger partial charge in [0.25, 0.3) is 5.91 Å². The summed E-state index contributed by atoms with van der Waals surface area (Å²) in [5.74, 6) is -0.259. The van der Waals surface area contributed by atoms with E-state index >= 15 is 0 Å². The number of hydrogen-bond donors (Lipinski definition) is 1. The predicted octanol–water partition coefficient (Wildman–Crippen LogP) is 3.26. The van der Waals surface area contributed by atoms with E-state index in [9.17, 15) is 9.90 Å². The predicted molar refractivity (Wildman–Crippen MR) is 90.5 cm³/mol. The number of carbonyl (C=O) groups excluding carboxylic acids is 1. The van der Waals surface area contributed by atoms with Crippen LogP contribution in [0.25, 0.3) is 10.9 Å². The topological polar surface area (TPSA) is 53.4 Å². The Kier molecular flexibility index (Phi) is 4.24. The Morgan fingerprint density at radius 2 is 1.87 bits per heavy atom. The summed E-state index contributed by atoms with van der Waals surface area (Å²) in [7, 11) is 1.74. The van der Waals surface area contributed by atoms with Crippen molar-refractivity contribution in [2.75, 3.05) is 13.6 Å². The zero-order valence-electron chi connectivity index (χ0n) is 12.9. The Balaban J connectivity index is 1.78. The third kappa shape index (κ3) is 3.16. The molecule has 0 saturated heterocycles. The number of fused-ring (bicyclic) bond motifs is 1. The molecule has 3 rings (SSSR count). The molecule has 0 unspecified atom stereocenters. The molecular formula is C19H18N2O2. The molecule has 4 nitrogen and oxygen atoms in total. The molecule has 0 aliphatic carbocycles. The van der Waals surface area contributed by atoms with E-state index < -0.39 is 0 Å². The maximum Gasteiger partial charge on any atom is 0.257 e. The number of amides is 1. The van der Waals surface area contributed by atoms with Crippen molar-refractivity contribution in [1.29, 1.82) is 0 Å². The van der Waals surface area contributed by atoms with Gasteiger partial charge in [-0.2, -0.15) is 0 Å². The number of benzene rings is 2. The average molecular weight is 306 g/mol. The molecule has 0 radical (unpaired) electrons. The summed E-state index contributed by atoms with van der Waals surface area (Å²) < 4.78 is 0. The fourth-order valence-electron chi connectivity index (χ4n) is 2.55. The van der Waals surface area contributed by atoms with Crippen molar-refractivity contribution >= 4 is 16.8 Å². The van der Waals surface area contributed by atoms with Gasteiger partial charge < -0.3 is 10.0 Å². The van der Waals surface area contributed by atoms with Crippen LogP contribution in [0, 0.1) is 0 Å². The summed E-state index contributed by atoms with van der Waals surface area (Å²) in [4.78, 5) is 18.3. The average Bonchev–Trinajstić information content (AvgIpc) is 2.60. The first kappa shape index (κ1) is 15.0. The van der Waals surface area contributed by atoms with Gasteiger partial charge in [0, 0.05) is 25.2 Å². The van der Waals surface area contributed by atoms with Crippen LogP contribution in [0.4, 0.5) is 0 Å². The van der Waals surface area contributed by atoms with Gasteiger partial charge in [0.05, 0.1) is 5.56 Å². The number of phenolic OH excluding ortho intramolecular Hbond substituents is 1. The van der Waals surface area contributed by atoms with E-state index in [4.69, 9.17) is 0 Å². The third-order valence-corrected chi connectivity index (χ3v) is 3.90. The summed E-state index contributed by atoms with van der Waals surface area (Å²) in [6.07, 6.45) is 2.38. The molecule has 0 aliphatic rings. The number of aromatic nitrogens is 1. The minimum absolute atomic E-state index is 0.0559. The first-order valence-electron chi connectivity index (χ1n) is 7.53. The fraction of sp³-hybridized carbons (Fsp3) is 0.158. The van der Waals surface area contributed by atoms with Gasteiger partial charge in [-0.05, 0) is 24.1 Å². The number of nitrogens with zero attached hydrogens (tertiary/aromatic N) is 2. The highest BCUT2D eigenvalue weighted by atomic mass is 16.3. The van der Waals surface area contributed by atoms with Crippen LogP contribution in [0.1, 0.15) is 15.9 Å². The number of aromatic hydroxyl groups is 1. The molecule has 1 aromatic heterocycles. The second kappa shape index (κ2) is 6.48. The first-order chi connectivity index (χ1) is 11.2. The quantitative estimate of drug-likeness (QED) is 0.805. The second-order valence-electron chi connectivity index (χ2n) is 5.50. The maximum absolute atomic E-state index is 12.6. The lowest BCUT2D eigenvalue weighted by Gasteiger charge is -2.18. The zero-order chi connectivity index (χ0) is 16.2. The van der Waals surface area contributed by atoms with Crippen molar-refractivity contribution in [3.63, 3.8) is 0 Å². The molecule has 2 aromatic carbocycles. The Bertz CT molecular complexity index is 831. The van der Waals surface area contributed by atoms with Gasteiger partial charge in [-0.25, -0.2) is 0 Å². The molecule has 0 fully saturated rings. The highest BCUT2D eigenvalue weighted by molar-refractivity contribution is 6.02. The van der Waals surface area contributed by atoms with Gasteiger partial charge in [0.15, 0.2) is 5.75 Å². The lowest BCUT2D eigenvalue weighted by molar-refractivity contribution is 0.0794. The van der Waals surface area contributed by atoms with Gasteiger partial charge in [0.1, 0.15) is 5.52 Å². The Morgan fingerprint density at radius 3 is 2.65 bits per heavy atom. The van der Waals surface area contributed by atoms with Crippen LogP contribution in [0.5, 0.6) is 5.75 Å². The molecule has 0 spiro atoms. The summed E-state index contributed by atoms with van der Waals surface area (Å²) in [5.41, 5.74) is 1.91. The Morgan fingerprint density at radius 1 is 1.09 bits per heavy atom.